The van der Waals surface area contributed by atoms with Crippen LogP contribution in [0.2, 0.25) is 4.34 Å². The van der Waals surface area contributed by atoms with Crippen molar-refractivity contribution >= 4 is 38.7 Å². The molecule has 0 unspecified atom stereocenters. The fraction of sp³-hybridized carbons (Fsp3) is 0.389. The van der Waals surface area contributed by atoms with Crippen molar-refractivity contribution in [2.75, 3.05) is 32.4 Å². The average molecular weight is 413 g/mol. The first-order valence-electron chi connectivity index (χ1n) is 8.33. The van der Waals surface area contributed by atoms with Crippen LogP contribution in [-0.4, -0.2) is 56.6 Å². The number of amides is 1. The monoisotopic (exact) mass is 412 g/mol. The van der Waals surface area contributed by atoms with Gasteiger partial charge in [-0.05, 0) is 29.8 Å². The molecule has 0 spiro atoms. The molecule has 0 bridgehead atoms. The highest BCUT2D eigenvalue weighted by molar-refractivity contribution is 7.89. The van der Waals surface area contributed by atoms with Crippen LogP contribution in [0.1, 0.15) is 20.8 Å². The summed E-state index contributed by atoms with van der Waals surface area (Å²) in [5, 5.41) is 0. The average Bonchev–Trinajstić information content (AvgIpc) is 2.98. The summed E-state index contributed by atoms with van der Waals surface area (Å²) in [5.74, 6) is -0.0928. The summed E-state index contributed by atoms with van der Waals surface area (Å²) in [6.45, 7) is 3.79. The highest BCUT2D eigenvalue weighted by Crippen LogP contribution is 2.23. The predicted octanol–water partition coefficient (Wildman–Crippen LogP) is 2.90. The maximum absolute atomic E-state index is 12.7. The number of hydrogen-bond acceptors (Lipinski definition) is 5. The summed E-state index contributed by atoms with van der Waals surface area (Å²) in [4.78, 5) is 18.1. The molecule has 1 saturated heterocycles. The van der Waals surface area contributed by atoms with Crippen LogP contribution in [0.25, 0.3) is 0 Å². The van der Waals surface area contributed by atoms with Gasteiger partial charge in [0.2, 0.25) is 0 Å². The van der Waals surface area contributed by atoms with E-state index in [1.807, 2.05) is 17.0 Å². The molecule has 0 radical (unpaired) electrons. The third-order valence-electron chi connectivity index (χ3n) is 4.27. The Morgan fingerprint density at radius 1 is 1.15 bits per heavy atom. The van der Waals surface area contributed by atoms with E-state index >= 15 is 0 Å². The number of nitrogens with zero attached hydrogens (tertiary/aromatic N) is 2. The Kier molecular flexibility index (Phi) is 6.02. The predicted molar refractivity (Wildman–Crippen MR) is 105 cm³/mol. The zero-order valence-electron chi connectivity index (χ0n) is 14.5. The van der Waals surface area contributed by atoms with Crippen LogP contribution in [0.15, 0.2) is 36.4 Å². The van der Waals surface area contributed by atoms with E-state index in [2.05, 4.69) is 4.90 Å². The highest BCUT2D eigenvalue weighted by atomic mass is 35.5. The standard InChI is InChI=1S/C18H21ClN2O3S2/c1-26(23,24)13-14-3-2-4-15(11-14)18(22)21-9-7-20(8-10-21)12-16-5-6-17(19)25-16/h2-6,11H,7-10,12-13H2,1H3. The molecule has 1 aromatic carbocycles. The smallest absolute Gasteiger partial charge is 0.253 e. The van der Waals surface area contributed by atoms with Crippen molar-refractivity contribution in [1.29, 1.82) is 0 Å². The third-order valence-corrected chi connectivity index (χ3v) is 6.34. The molecule has 1 aliphatic rings. The van der Waals surface area contributed by atoms with Crippen LogP contribution in [0.4, 0.5) is 0 Å². The van der Waals surface area contributed by atoms with Crippen LogP contribution >= 0.6 is 22.9 Å². The second-order valence-corrected chi connectivity index (χ2v) is 10.5. The van der Waals surface area contributed by atoms with Crippen LogP contribution in [-0.2, 0) is 22.1 Å². The molecule has 1 amide bonds. The number of benzene rings is 1. The van der Waals surface area contributed by atoms with Gasteiger partial charge in [0.05, 0.1) is 10.1 Å². The maximum Gasteiger partial charge on any atom is 0.253 e. The minimum atomic E-state index is -3.12. The van der Waals surface area contributed by atoms with Crippen molar-refractivity contribution in [3.05, 3.63) is 56.7 Å². The number of piperazine rings is 1. The Morgan fingerprint density at radius 3 is 2.50 bits per heavy atom. The fourth-order valence-electron chi connectivity index (χ4n) is 3.05. The van der Waals surface area contributed by atoms with Crippen LogP contribution < -0.4 is 0 Å². The van der Waals surface area contributed by atoms with Gasteiger partial charge in [-0.25, -0.2) is 8.42 Å². The van der Waals surface area contributed by atoms with E-state index in [0.29, 0.717) is 24.2 Å². The van der Waals surface area contributed by atoms with Crippen molar-refractivity contribution in [1.82, 2.24) is 9.80 Å². The lowest BCUT2D eigenvalue weighted by Crippen LogP contribution is -2.48. The Balaban J connectivity index is 1.59. The first-order valence-corrected chi connectivity index (χ1v) is 11.6. The third kappa shape index (κ3) is 5.30. The van der Waals surface area contributed by atoms with E-state index in [4.69, 9.17) is 11.6 Å². The zero-order valence-corrected chi connectivity index (χ0v) is 16.9. The van der Waals surface area contributed by atoms with E-state index < -0.39 is 9.84 Å². The Morgan fingerprint density at radius 2 is 1.88 bits per heavy atom. The van der Waals surface area contributed by atoms with Crippen LogP contribution in [0.5, 0.6) is 0 Å². The van der Waals surface area contributed by atoms with E-state index in [9.17, 15) is 13.2 Å². The van der Waals surface area contributed by atoms with Gasteiger partial charge < -0.3 is 4.90 Å². The largest absolute Gasteiger partial charge is 0.336 e. The number of carbonyl (C=O) groups excluding carboxylic acids is 1. The molecule has 5 nitrogen and oxygen atoms in total. The molecule has 3 rings (SSSR count). The molecular weight excluding hydrogens is 392 g/mol. The van der Waals surface area contributed by atoms with Gasteiger partial charge in [-0.3, -0.25) is 9.69 Å². The summed E-state index contributed by atoms with van der Waals surface area (Å²) < 4.78 is 23.7. The van der Waals surface area contributed by atoms with E-state index in [-0.39, 0.29) is 11.7 Å². The number of thiophene rings is 1. The fourth-order valence-corrected chi connectivity index (χ4v) is 4.96. The van der Waals surface area contributed by atoms with Crippen molar-refractivity contribution in [3.63, 3.8) is 0 Å². The summed E-state index contributed by atoms with van der Waals surface area (Å²) in [7, 11) is -3.12. The molecule has 1 fully saturated rings. The van der Waals surface area contributed by atoms with Gasteiger partial charge >= 0.3 is 0 Å². The molecule has 0 atom stereocenters. The molecule has 2 heterocycles. The number of carbonyl (C=O) groups is 1. The van der Waals surface area contributed by atoms with Crippen molar-refractivity contribution in [2.45, 2.75) is 12.3 Å². The molecule has 0 aliphatic carbocycles. The lowest BCUT2D eigenvalue weighted by molar-refractivity contribution is 0.0629. The first-order chi connectivity index (χ1) is 12.3. The molecule has 26 heavy (non-hydrogen) atoms. The molecule has 0 saturated carbocycles. The highest BCUT2D eigenvalue weighted by Gasteiger charge is 2.22. The van der Waals surface area contributed by atoms with Crippen molar-refractivity contribution in [2.24, 2.45) is 0 Å². The molecule has 0 N–H and O–H groups in total. The number of sulfone groups is 1. The van der Waals surface area contributed by atoms with E-state index in [1.165, 1.54) is 11.1 Å². The van der Waals surface area contributed by atoms with Gasteiger partial charge in [0.1, 0.15) is 0 Å². The van der Waals surface area contributed by atoms with Gasteiger partial charge in [0.15, 0.2) is 9.84 Å². The molecule has 8 heteroatoms. The van der Waals surface area contributed by atoms with Crippen LogP contribution in [0.3, 0.4) is 0 Å². The van der Waals surface area contributed by atoms with Crippen molar-refractivity contribution in [3.8, 4) is 0 Å². The summed E-state index contributed by atoms with van der Waals surface area (Å²) in [5.41, 5.74) is 1.19. The molecule has 140 valence electrons. The Hall–Kier alpha value is -1.41. The molecular formula is C18H21ClN2O3S2. The molecule has 1 aliphatic heterocycles. The van der Waals surface area contributed by atoms with Gasteiger partial charge in [-0.1, -0.05) is 23.7 Å². The number of rotatable bonds is 5. The lowest BCUT2D eigenvalue weighted by Gasteiger charge is -2.34. The summed E-state index contributed by atoms with van der Waals surface area (Å²) in [6, 6.07) is 10.9. The van der Waals surface area contributed by atoms with Gasteiger partial charge in [0, 0.05) is 49.4 Å². The minimum absolute atomic E-state index is 0.0424. The number of hydrogen-bond donors (Lipinski definition) is 0. The summed E-state index contributed by atoms with van der Waals surface area (Å²) >= 11 is 7.56. The SMILES string of the molecule is CS(=O)(=O)Cc1cccc(C(=O)N2CCN(Cc3ccc(Cl)s3)CC2)c1. The quantitative estimate of drug-likeness (QED) is 0.757. The van der Waals surface area contributed by atoms with Crippen LogP contribution in [0, 0.1) is 0 Å². The zero-order chi connectivity index (χ0) is 18.7. The van der Waals surface area contributed by atoms with Gasteiger partial charge in [-0.2, -0.15) is 0 Å². The maximum atomic E-state index is 12.7. The molecule has 2 aromatic rings. The van der Waals surface area contributed by atoms with Crippen molar-refractivity contribution < 1.29 is 13.2 Å². The normalized spacial score (nSPS) is 16.0. The summed E-state index contributed by atoms with van der Waals surface area (Å²) in [6.07, 6.45) is 1.20. The Labute approximate surface area is 163 Å². The van der Waals surface area contributed by atoms with E-state index in [1.54, 1.807) is 35.6 Å². The first kappa shape index (κ1) is 19.4. The Bertz CT molecular complexity index is 887. The second-order valence-electron chi connectivity index (χ2n) is 6.54. The number of halogens is 1. The second kappa shape index (κ2) is 8.08. The molecule has 1 aromatic heterocycles. The lowest BCUT2D eigenvalue weighted by atomic mass is 10.1. The van der Waals surface area contributed by atoms with E-state index in [0.717, 1.165) is 24.0 Å². The van der Waals surface area contributed by atoms with Gasteiger partial charge in [0.25, 0.3) is 5.91 Å². The topological polar surface area (TPSA) is 57.7 Å². The van der Waals surface area contributed by atoms with Gasteiger partial charge in [-0.15, -0.1) is 11.3 Å². The minimum Gasteiger partial charge on any atom is -0.336 e.